The summed E-state index contributed by atoms with van der Waals surface area (Å²) in [5, 5.41) is 26.7. The molecule has 154 valence electrons. The first-order valence-corrected chi connectivity index (χ1v) is 9.66. The summed E-state index contributed by atoms with van der Waals surface area (Å²) in [5.41, 5.74) is 1.11. The Bertz CT molecular complexity index is 1300. The molecule has 0 aliphatic carbocycles. The third kappa shape index (κ3) is 4.61. The Labute approximate surface area is 186 Å². The maximum Gasteiger partial charge on any atom is 0.247 e. The summed E-state index contributed by atoms with van der Waals surface area (Å²) in [7, 11) is 0. The molecule has 0 aliphatic rings. The normalized spacial score (nSPS) is 10.6. The molecule has 4 aromatic rings. The van der Waals surface area contributed by atoms with Crippen LogP contribution >= 0.6 is 23.2 Å². The van der Waals surface area contributed by atoms with Crippen molar-refractivity contribution >= 4 is 23.2 Å². The quantitative estimate of drug-likeness (QED) is 0.388. The maximum atomic E-state index is 15.1. The summed E-state index contributed by atoms with van der Waals surface area (Å²) < 4.78 is 26.3. The third-order valence-electron chi connectivity index (χ3n) is 4.27. The molecule has 0 saturated carbocycles. The predicted octanol–water partition coefficient (Wildman–Crippen LogP) is 6.14. The van der Waals surface area contributed by atoms with Gasteiger partial charge in [-0.2, -0.15) is 5.26 Å². The van der Waals surface area contributed by atoms with Gasteiger partial charge in [0.1, 0.15) is 11.5 Å². The summed E-state index contributed by atoms with van der Waals surface area (Å²) in [5.74, 6) is -0.192. The molecule has 31 heavy (non-hydrogen) atoms. The van der Waals surface area contributed by atoms with Gasteiger partial charge in [-0.05, 0) is 48.5 Å². The third-order valence-corrected chi connectivity index (χ3v) is 4.79. The number of hydrogen-bond donors (Lipinski definition) is 1. The van der Waals surface area contributed by atoms with Crippen LogP contribution in [0.2, 0.25) is 10.0 Å². The summed E-state index contributed by atoms with van der Waals surface area (Å²) >= 11 is 12.1. The number of phenols is 1. The van der Waals surface area contributed by atoms with Crippen molar-refractivity contribution in [1.82, 2.24) is 10.2 Å². The van der Waals surface area contributed by atoms with Crippen LogP contribution in [-0.4, -0.2) is 15.3 Å². The highest BCUT2D eigenvalue weighted by Crippen LogP contribution is 2.36. The molecule has 0 atom stereocenters. The molecule has 4 rings (SSSR count). The predicted molar refractivity (Wildman–Crippen MR) is 112 cm³/mol. The average Bonchev–Trinajstić information content (AvgIpc) is 3.22. The number of rotatable bonds is 5. The molecular weight excluding hydrogens is 444 g/mol. The Morgan fingerprint density at radius 3 is 2.58 bits per heavy atom. The average molecular weight is 456 g/mol. The van der Waals surface area contributed by atoms with E-state index >= 15 is 4.39 Å². The van der Waals surface area contributed by atoms with E-state index in [0.717, 1.165) is 0 Å². The van der Waals surface area contributed by atoms with Crippen LogP contribution in [0.3, 0.4) is 0 Å². The highest BCUT2D eigenvalue weighted by Gasteiger charge is 2.18. The zero-order valence-electron chi connectivity index (χ0n) is 15.6. The lowest BCUT2D eigenvalue weighted by atomic mass is 10.1. The molecule has 9 heteroatoms. The van der Waals surface area contributed by atoms with Gasteiger partial charge in [-0.25, -0.2) is 4.39 Å². The van der Waals surface area contributed by atoms with Gasteiger partial charge >= 0.3 is 0 Å². The highest BCUT2D eigenvalue weighted by molar-refractivity contribution is 6.32. The van der Waals surface area contributed by atoms with E-state index in [1.807, 2.05) is 6.07 Å². The molecule has 0 spiro atoms. The van der Waals surface area contributed by atoms with Gasteiger partial charge < -0.3 is 14.3 Å². The minimum atomic E-state index is -0.699. The number of benzene rings is 3. The summed E-state index contributed by atoms with van der Waals surface area (Å²) in [4.78, 5) is 0. The second kappa shape index (κ2) is 8.64. The molecule has 6 nitrogen and oxygen atoms in total. The molecule has 0 fully saturated rings. The van der Waals surface area contributed by atoms with Gasteiger partial charge in [0.05, 0.1) is 23.1 Å². The van der Waals surface area contributed by atoms with Crippen LogP contribution in [0.5, 0.6) is 17.2 Å². The lowest BCUT2D eigenvalue weighted by Gasteiger charge is -2.11. The Balaban J connectivity index is 1.60. The molecule has 0 amide bonds. The fraction of sp³-hybridized carbons (Fsp3) is 0.0455. The van der Waals surface area contributed by atoms with Gasteiger partial charge in [0, 0.05) is 16.1 Å². The van der Waals surface area contributed by atoms with Crippen LogP contribution in [-0.2, 0) is 6.42 Å². The van der Waals surface area contributed by atoms with Gasteiger partial charge in [0.2, 0.25) is 11.8 Å². The highest BCUT2D eigenvalue weighted by atomic mass is 35.5. The molecule has 1 aromatic heterocycles. The molecule has 3 aromatic carbocycles. The first kappa shape index (κ1) is 20.7. The topological polar surface area (TPSA) is 92.2 Å². The zero-order chi connectivity index (χ0) is 22.0. The van der Waals surface area contributed by atoms with Crippen molar-refractivity contribution in [2.24, 2.45) is 0 Å². The van der Waals surface area contributed by atoms with Crippen molar-refractivity contribution in [3.8, 4) is 34.8 Å². The molecule has 1 N–H and O–H groups in total. The second-order valence-corrected chi connectivity index (χ2v) is 7.31. The summed E-state index contributed by atoms with van der Waals surface area (Å²) in [6, 6.07) is 15.5. The van der Waals surface area contributed by atoms with Crippen molar-refractivity contribution < 1.29 is 18.7 Å². The van der Waals surface area contributed by atoms with E-state index in [9.17, 15) is 5.11 Å². The maximum absolute atomic E-state index is 15.1. The van der Waals surface area contributed by atoms with E-state index in [2.05, 4.69) is 10.2 Å². The van der Waals surface area contributed by atoms with Crippen LogP contribution in [0.4, 0.5) is 4.39 Å². The molecule has 0 unspecified atom stereocenters. The first-order chi connectivity index (χ1) is 14.9. The van der Waals surface area contributed by atoms with Crippen molar-refractivity contribution in [3.63, 3.8) is 0 Å². The minimum Gasteiger partial charge on any atom is -0.508 e. The lowest BCUT2D eigenvalue weighted by Crippen LogP contribution is -1.98. The van der Waals surface area contributed by atoms with Crippen LogP contribution in [0.15, 0.2) is 59.0 Å². The Morgan fingerprint density at radius 1 is 1.06 bits per heavy atom. The van der Waals surface area contributed by atoms with E-state index in [0.29, 0.717) is 5.56 Å². The largest absolute Gasteiger partial charge is 0.508 e. The molecular formula is C22H12Cl2FN3O3. The minimum absolute atomic E-state index is 0.00341. The van der Waals surface area contributed by atoms with E-state index in [1.54, 1.807) is 12.1 Å². The van der Waals surface area contributed by atoms with Crippen LogP contribution < -0.4 is 4.74 Å². The number of nitrogens with zero attached hydrogens (tertiary/aromatic N) is 3. The zero-order valence-corrected chi connectivity index (χ0v) is 17.2. The lowest BCUT2D eigenvalue weighted by molar-refractivity contribution is 0.437. The SMILES string of the molecule is N#Cc1cc(Cl)cc(Oc2c(Cl)ccc(Cc3nnc(-c4ccc(O)cc4)o3)c2F)c1. The number of ether oxygens (including phenoxy) is 1. The van der Waals surface area contributed by atoms with Gasteiger partial charge in [-0.15, -0.1) is 10.2 Å². The fourth-order valence-corrected chi connectivity index (χ4v) is 3.23. The molecule has 0 saturated heterocycles. The van der Waals surface area contributed by atoms with E-state index in [-0.39, 0.29) is 56.6 Å². The van der Waals surface area contributed by atoms with Crippen LogP contribution in [0.1, 0.15) is 17.0 Å². The van der Waals surface area contributed by atoms with Crippen LogP contribution in [0, 0.1) is 17.1 Å². The van der Waals surface area contributed by atoms with Gasteiger partial charge in [-0.1, -0.05) is 29.3 Å². The van der Waals surface area contributed by atoms with Crippen molar-refractivity contribution in [2.75, 3.05) is 0 Å². The van der Waals surface area contributed by atoms with E-state index in [1.165, 1.54) is 42.5 Å². The molecule has 0 aliphatic heterocycles. The van der Waals surface area contributed by atoms with Crippen LogP contribution in [0.25, 0.3) is 11.5 Å². The number of nitriles is 1. The first-order valence-electron chi connectivity index (χ1n) is 8.90. The van der Waals surface area contributed by atoms with E-state index in [4.69, 9.17) is 37.6 Å². The smallest absolute Gasteiger partial charge is 0.247 e. The standard InChI is InChI=1S/C22H12Cl2FN3O3/c23-15-7-12(11-26)8-17(10-15)30-21-18(24)6-3-14(20(21)25)9-19-27-28-22(31-19)13-1-4-16(29)5-2-13/h1-8,10,29H,9H2. The number of aromatic nitrogens is 2. The van der Waals surface area contributed by atoms with Gasteiger partial charge in [0.15, 0.2) is 11.6 Å². The van der Waals surface area contributed by atoms with Crippen molar-refractivity contribution in [2.45, 2.75) is 6.42 Å². The number of aromatic hydroxyl groups is 1. The number of halogens is 3. The Kier molecular flexibility index (Phi) is 5.76. The monoisotopic (exact) mass is 455 g/mol. The molecule has 1 heterocycles. The van der Waals surface area contributed by atoms with Crippen molar-refractivity contribution in [3.05, 3.63) is 87.5 Å². The van der Waals surface area contributed by atoms with Crippen molar-refractivity contribution in [1.29, 1.82) is 5.26 Å². The Morgan fingerprint density at radius 2 is 1.84 bits per heavy atom. The van der Waals surface area contributed by atoms with Gasteiger partial charge in [-0.3, -0.25) is 0 Å². The van der Waals surface area contributed by atoms with Gasteiger partial charge in [0.25, 0.3) is 0 Å². The number of phenolic OH excluding ortho intramolecular Hbond substituents is 1. The Hall–Kier alpha value is -3.60. The molecule has 0 radical (unpaired) electrons. The summed E-state index contributed by atoms with van der Waals surface area (Å²) in [6.45, 7) is 0. The van der Waals surface area contributed by atoms with E-state index < -0.39 is 5.82 Å². The summed E-state index contributed by atoms with van der Waals surface area (Å²) in [6.07, 6.45) is 0.00341. The molecule has 0 bridgehead atoms. The fourth-order valence-electron chi connectivity index (χ4n) is 2.82. The number of hydrogen-bond acceptors (Lipinski definition) is 6. The second-order valence-electron chi connectivity index (χ2n) is 6.46.